The van der Waals surface area contributed by atoms with Gasteiger partial charge < -0.3 is 5.32 Å². The van der Waals surface area contributed by atoms with Crippen LogP contribution in [0, 0.1) is 6.92 Å². The third kappa shape index (κ3) is 2.62. The predicted octanol–water partition coefficient (Wildman–Crippen LogP) is 2.34. The van der Waals surface area contributed by atoms with Crippen LogP contribution in [0.5, 0.6) is 0 Å². The predicted molar refractivity (Wildman–Crippen MR) is 73.1 cm³/mol. The third-order valence-corrected chi connectivity index (χ3v) is 4.20. The van der Waals surface area contributed by atoms with E-state index in [2.05, 4.69) is 15.3 Å². The van der Waals surface area contributed by atoms with E-state index in [1.54, 1.807) is 0 Å². The number of aromatic nitrogens is 2. The van der Waals surface area contributed by atoms with Crippen LogP contribution in [-0.4, -0.2) is 21.9 Å². The SMILES string of the molecule is Cc1nc2c(c(C(=O)NC3CCCCC3)n1)CCC2. The molecule has 1 aromatic rings. The molecular formula is C15H21N3O. The monoisotopic (exact) mass is 259 g/mol. The fourth-order valence-electron chi connectivity index (χ4n) is 3.24. The quantitative estimate of drug-likeness (QED) is 0.887. The topological polar surface area (TPSA) is 54.9 Å². The van der Waals surface area contributed by atoms with E-state index in [4.69, 9.17) is 0 Å². The molecule has 4 nitrogen and oxygen atoms in total. The Morgan fingerprint density at radius 1 is 1.11 bits per heavy atom. The lowest BCUT2D eigenvalue weighted by atomic mass is 9.95. The first-order valence-electron chi connectivity index (χ1n) is 7.41. The average molecular weight is 259 g/mol. The van der Waals surface area contributed by atoms with Crippen molar-refractivity contribution in [1.29, 1.82) is 0 Å². The lowest BCUT2D eigenvalue weighted by molar-refractivity contribution is 0.0921. The van der Waals surface area contributed by atoms with Crippen molar-refractivity contribution in [2.75, 3.05) is 0 Å². The van der Waals surface area contributed by atoms with E-state index in [-0.39, 0.29) is 5.91 Å². The van der Waals surface area contributed by atoms with Crippen molar-refractivity contribution in [3.63, 3.8) is 0 Å². The van der Waals surface area contributed by atoms with Crippen molar-refractivity contribution < 1.29 is 4.79 Å². The van der Waals surface area contributed by atoms with Crippen molar-refractivity contribution in [3.05, 3.63) is 22.8 Å². The number of hydrogen-bond acceptors (Lipinski definition) is 3. The van der Waals surface area contributed by atoms with E-state index in [1.807, 2.05) is 6.92 Å². The van der Waals surface area contributed by atoms with Gasteiger partial charge in [0.1, 0.15) is 11.5 Å². The highest BCUT2D eigenvalue weighted by atomic mass is 16.1. The van der Waals surface area contributed by atoms with E-state index in [0.717, 1.165) is 49.2 Å². The van der Waals surface area contributed by atoms with Gasteiger partial charge >= 0.3 is 0 Å². The summed E-state index contributed by atoms with van der Waals surface area (Å²) in [5, 5.41) is 3.16. The van der Waals surface area contributed by atoms with Crippen LogP contribution in [0.4, 0.5) is 0 Å². The first-order valence-corrected chi connectivity index (χ1v) is 7.41. The molecule has 0 radical (unpaired) electrons. The molecule has 2 aliphatic rings. The second-order valence-electron chi connectivity index (χ2n) is 5.71. The minimum Gasteiger partial charge on any atom is -0.348 e. The van der Waals surface area contributed by atoms with E-state index in [0.29, 0.717) is 11.7 Å². The maximum absolute atomic E-state index is 12.4. The van der Waals surface area contributed by atoms with Crippen molar-refractivity contribution in [1.82, 2.24) is 15.3 Å². The summed E-state index contributed by atoms with van der Waals surface area (Å²) in [5.74, 6) is 0.727. The van der Waals surface area contributed by atoms with Gasteiger partial charge in [-0.3, -0.25) is 4.79 Å². The highest BCUT2D eigenvalue weighted by Gasteiger charge is 2.24. The number of rotatable bonds is 2. The molecule has 0 aliphatic heterocycles. The van der Waals surface area contributed by atoms with Crippen molar-refractivity contribution in [2.45, 2.75) is 64.3 Å². The summed E-state index contributed by atoms with van der Waals surface area (Å²) in [7, 11) is 0. The molecule has 2 aliphatic carbocycles. The summed E-state index contributed by atoms with van der Waals surface area (Å²) in [4.78, 5) is 21.3. The number of nitrogens with zero attached hydrogens (tertiary/aromatic N) is 2. The molecule has 0 atom stereocenters. The number of carbonyl (C=O) groups excluding carboxylic acids is 1. The van der Waals surface area contributed by atoms with Crippen LogP contribution in [-0.2, 0) is 12.8 Å². The average Bonchev–Trinajstić information content (AvgIpc) is 2.86. The largest absolute Gasteiger partial charge is 0.348 e. The Hall–Kier alpha value is -1.45. The first kappa shape index (κ1) is 12.6. The molecule has 1 amide bonds. The van der Waals surface area contributed by atoms with Gasteiger partial charge in [-0.15, -0.1) is 0 Å². The zero-order valence-electron chi connectivity index (χ0n) is 11.5. The summed E-state index contributed by atoms with van der Waals surface area (Å²) in [5.41, 5.74) is 2.80. The van der Waals surface area contributed by atoms with Gasteiger partial charge in [-0.25, -0.2) is 9.97 Å². The number of amides is 1. The maximum atomic E-state index is 12.4. The Bertz CT molecular complexity index is 492. The highest BCUT2D eigenvalue weighted by Crippen LogP contribution is 2.23. The highest BCUT2D eigenvalue weighted by molar-refractivity contribution is 5.94. The smallest absolute Gasteiger partial charge is 0.270 e. The van der Waals surface area contributed by atoms with Crippen molar-refractivity contribution >= 4 is 5.91 Å². The van der Waals surface area contributed by atoms with E-state index < -0.39 is 0 Å². The molecule has 1 aromatic heterocycles. The first-order chi connectivity index (χ1) is 9.24. The molecule has 0 bridgehead atoms. The minimum atomic E-state index is 0.00977. The molecule has 19 heavy (non-hydrogen) atoms. The van der Waals surface area contributed by atoms with Gasteiger partial charge in [0, 0.05) is 17.3 Å². The van der Waals surface area contributed by atoms with Crippen LogP contribution in [0.3, 0.4) is 0 Å². The lowest BCUT2D eigenvalue weighted by Crippen LogP contribution is -2.37. The molecule has 0 unspecified atom stereocenters. The molecule has 0 saturated heterocycles. The van der Waals surface area contributed by atoms with Gasteiger partial charge in [0.2, 0.25) is 0 Å². The van der Waals surface area contributed by atoms with Crippen LogP contribution in [0.15, 0.2) is 0 Å². The number of carbonyl (C=O) groups is 1. The second kappa shape index (κ2) is 5.27. The van der Waals surface area contributed by atoms with Gasteiger partial charge in [0.15, 0.2) is 0 Å². The molecule has 1 heterocycles. The van der Waals surface area contributed by atoms with E-state index in [1.165, 1.54) is 19.3 Å². The summed E-state index contributed by atoms with van der Waals surface area (Å²) in [6.45, 7) is 1.87. The van der Waals surface area contributed by atoms with Gasteiger partial charge in [-0.2, -0.15) is 0 Å². The molecule has 1 N–H and O–H groups in total. The molecular weight excluding hydrogens is 238 g/mol. The number of nitrogens with one attached hydrogen (secondary N) is 1. The lowest BCUT2D eigenvalue weighted by Gasteiger charge is -2.23. The maximum Gasteiger partial charge on any atom is 0.270 e. The number of fused-ring (bicyclic) bond motifs is 1. The zero-order chi connectivity index (χ0) is 13.2. The third-order valence-electron chi connectivity index (χ3n) is 4.20. The Morgan fingerprint density at radius 3 is 2.68 bits per heavy atom. The number of aryl methyl sites for hydroxylation is 2. The van der Waals surface area contributed by atoms with Gasteiger partial charge in [0.05, 0.1) is 0 Å². The molecule has 1 saturated carbocycles. The van der Waals surface area contributed by atoms with Gasteiger partial charge in [-0.05, 0) is 39.0 Å². The summed E-state index contributed by atoms with van der Waals surface area (Å²) >= 11 is 0. The molecule has 0 spiro atoms. The molecule has 0 aromatic carbocycles. The fourth-order valence-corrected chi connectivity index (χ4v) is 3.24. The van der Waals surface area contributed by atoms with E-state index in [9.17, 15) is 4.79 Å². The standard InChI is InChI=1S/C15H21N3O/c1-10-16-13-9-5-8-12(13)14(17-10)15(19)18-11-6-3-2-4-7-11/h11H,2-9H2,1H3,(H,18,19). The Morgan fingerprint density at radius 2 is 1.89 bits per heavy atom. The van der Waals surface area contributed by atoms with Crippen LogP contribution in [0.2, 0.25) is 0 Å². The molecule has 3 rings (SSSR count). The van der Waals surface area contributed by atoms with Crippen LogP contribution in [0.25, 0.3) is 0 Å². The summed E-state index contributed by atoms with van der Waals surface area (Å²) in [6, 6.07) is 0.341. The van der Waals surface area contributed by atoms with Crippen LogP contribution in [0.1, 0.15) is 66.1 Å². The normalized spacial score (nSPS) is 19.2. The van der Waals surface area contributed by atoms with Crippen molar-refractivity contribution in [2.24, 2.45) is 0 Å². The van der Waals surface area contributed by atoms with Gasteiger partial charge in [0.25, 0.3) is 5.91 Å². The van der Waals surface area contributed by atoms with Gasteiger partial charge in [-0.1, -0.05) is 19.3 Å². The summed E-state index contributed by atoms with van der Waals surface area (Å²) < 4.78 is 0. The molecule has 1 fully saturated rings. The minimum absolute atomic E-state index is 0.00977. The van der Waals surface area contributed by atoms with E-state index >= 15 is 0 Å². The second-order valence-corrected chi connectivity index (χ2v) is 5.71. The fraction of sp³-hybridized carbons (Fsp3) is 0.667. The Balaban J connectivity index is 1.79. The van der Waals surface area contributed by atoms with Crippen LogP contribution >= 0.6 is 0 Å². The zero-order valence-corrected chi connectivity index (χ0v) is 11.5. The van der Waals surface area contributed by atoms with Crippen molar-refractivity contribution in [3.8, 4) is 0 Å². The molecule has 4 heteroatoms. The summed E-state index contributed by atoms with van der Waals surface area (Å²) in [6.07, 6.45) is 9.00. The number of hydrogen-bond donors (Lipinski definition) is 1. The molecule has 102 valence electrons. The Kier molecular flexibility index (Phi) is 3.49. The van der Waals surface area contributed by atoms with Crippen LogP contribution < -0.4 is 5.32 Å². The Labute approximate surface area is 114 Å².